The van der Waals surface area contributed by atoms with Crippen LogP contribution in [0.3, 0.4) is 0 Å². The number of hydrogen-bond acceptors (Lipinski definition) is 3. The highest BCUT2D eigenvalue weighted by Crippen LogP contribution is 2.27. The summed E-state index contributed by atoms with van der Waals surface area (Å²) in [6, 6.07) is 3.68. The van der Waals surface area contributed by atoms with Crippen LogP contribution in [-0.4, -0.2) is 16.1 Å². The second-order valence-corrected chi connectivity index (χ2v) is 5.19. The van der Waals surface area contributed by atoms with E-state index in [1.807, 2.05) is 12.1 Å². The Hall–Kier alpha value is -1.16. The molecule has 4 heteroatoms. The van der Waals surface area contributed by atoms with Gasteiger partial charge in [0.2, 0.25) is 0 Å². The van der Waals surface area contributed by atoms with Gasteiger partial charge in [0.15, 0.2) is 0 Å². The first-order valence-electron chi connectivity index (χ1n) is 6.07. The molecule has 1 fully saturated rings. The lowest BCUT2D eigenvalue weighted by atomic mass is 9.89. The lowest BCUT2D eigenvalue weighted by molar-refractivity contribution is 0.129. The quantitative estimate of drug-likeness (QED) is 0.838. The van der Waals surface area contributed by atoms with E-state index in [0.717, 1.165) is 24.5 Å². The van der Waals surface area contributed by atoms with Gasteiger partial charge < -0.3 is 10.5 Å². The molecule has 0 radical (unpaired) electrons. The molecule has 1 aromatic rings. The number of rotatable bonds is 3. The van der Waals surface area contributed by atoms with Crippen molar-refractivity contribution in [1.82, 2.24) is 4.98 Å². The average Bonchev–Trinajstić information content (AvgIpc) is 2.29. The van der Waals surface area contributed by atoms with Gasteiger partial charge in [-0.15, -0.1) is 0 Å². The van der Waals surface area contributed by atoms with Crippen LogP contribution in [0.25, 0.3) is 0 Å². The van der Waals surface area contributed by atoms with Gasteiger partial charge >= 0.3 is 0 Å². The Kier molecular flexibility index (Phi) is 3.94. The minimum Gasteiger partial charge on any atom is -0.490 e. The molecule has 0 spiro atoms. The third kappa shape index (κ3) is 3.40. The molecule has 1 heterocycles. The van der Waals surface area contributed by atoms with E-state index in [2.05, 4.69) is 11.9 Å². The second kappa shape index (κ2) is 5.45. The number of thiocarbonyl (C=S) groups is 1. The Balaban J connectivity index is 2.02. The Morgan fingerprint density at radius 3 is 3.06 bits per heavy atom. The van der Waals surface area contributed by atoms with E-state index < -0.39 is 0 Å². The van der Waals surface area contributed by atoms with Crippen molar-refractivity contribution in [2.24, 2.45) is 11.7 Å². The summed E-state index contributed by atoms with van der Waals surface area (Å²) in [4.78, 5) is 4.41. The highest BCUT2D eigenvalue weighted by Gasteiger charge is 2.20. The van der Waals surface area contributed by atoms with Gasteiger partial charge in [-0.05, 0) is 31.2 Å². The van der Waals surface area contributed by atoms with Gasteiger partial charge in [0.05, 0.1) is 6.10 Å². The molecular weight excluding hydrogens is 232 g/mol. The van der Waals surface area contributed by atoms with Crippen molar-refractivity contribution < 1.29 is 4.74 Å². The largest absolute Gasteiger partial charge is 0.490 e. The predicted molar refractivity (Wildman–Crippen MR) is 72.2 cm³/mol. The van der Waals surface area contributed by atoms with E-state index in [0.29, 0.717) is 16.8 Å². The highest BCUT2D eigenvalue weighted by atomic mass is 32.1. The number of nitrogens with zero attached hydrogens (tertiary/aromatic N) is 1. The summed E-state index contributed by atoms with van der Waals surface area (Å²) in [7, 11) is 0. The number of hydrogen-bond donors (Lipinski definition) is 1. The van der Waals surface area contributed by atoms with Crippen LogP contribution in [0.1, 0.15) is 38.3 Å². The maximum absolute atomic E-state index is 5.96. The molecule has 2 N–H and O–H groups in total. The zero-order valence-electron chi connectivity index (χ0n) is 10.1. The molecule has 0 saturated heterocycles. The molecule has 1 aliphatic carbocycles. The molecule has 2 unspecified atom stereocenters. The molecule has 2 rings (SSSR count). The summed E-state index contributed by atoms with van der Waals surface area (Å²) in [6.45, 7) is 2.28. The minimum absolute atomic E-state index is 0.312. The van der Waals surface area contributed by atoms with Gasteiger partial charge in [-0.3, -0.25) is 4.98 Å². The lowest BCUT2D eigenvalue weighted by Gasteiger charge is -2.27. The number of pyridine rings is 1. The normalized spacial score (nSPS) is 24.3. The second-order valence-electron chi connectivity index (χ2n) is 4.75. The average molecular weight is 250 g/mol. The van der Waals surface area contributed by atoms with Crippen molar-refractivity contribution in [1.29, 1.82) is 0 Å². The molecular formula is C13H18N2OS. The maximum atomic E-state index is 5.96. The maximum Gasteiger partial charge on any atom is 0.123 e. The zero-order chi connectivity index (χ0) is 12.3. The Morgan fingerprint density at radius 1 is 1.53 bits per heavy atom. The summed E-state index contributed by atoms with van der Waals surface area (Å²) < 4.78 is 5.96. The van der Waals surface area contributed by atoms with Crippen molar-refractivity contribution in [2.75, 3.05) is 0 Å². The van der Waals surface area contributed by atoms with Crippen molar-refractivity contribution >= 4 is 17.2 Å². The third-order valence-electron chi connectivity index (χ3n) is 3.17. The van der Waals surface area contributed by atoms with Crippen LogP contribution in [-0.2, 0) is 0 Å². The molecule has 0 aromatic carbocycles. The first-order valence-corrected chi connectivity index (χ1v) is 6.48. The van der Waals surface area contributed by atoms with Gasteiger partial charge in [0.1, 0.15) is 16.4 Å². The fourth-order valence-electron chi connectivity index (χ4n) is 2.30. The topological polar surface area (TPSA) is 48.1 Å². The molecule has 0 amide bonds. The molecule has 0 bridgehead atoms. The monoisotopic (exact) mass is 250 g/mol. The first-order chi connectivity index (χ1) is 8.15. The highest BCUT2D eigenvalue weighted by molar-refractivity contribution is 7.80. The predicted octanol–water partition coefficient (Wildman–Crippen LogP) is 2.67. The van der Waals surface area contributed by atoms with Crippen molar-refractivity contribution in [3.05, 3.63) is 24.0 Å². The van der Waals surface area contributed by atoms with Gasteiger partial charge in [-0.2, -0.15) is 0 Å². The summed E-state index contributed by atoms with van der Waals surface area (Å²) >= 11 is 4.90. The van der Waals surface area contributed by atoms with E-state index in [1.165, 1.54) is 12.8 Å². The Bertz CT molecular complexity index is 408. The van der Waals surface area contributed by atoms with Crippen LogP contribution >= 0.6 is 12.2 Å². The van der Waals surface area contributed by atoms with Gasteiger partial charge in [0.25, 0.3) is 0 Å². The van der Waals surface area contributed by atoms with Crippen LogP contribution in [0.15, 0.2) is 18.3 Å². The van der Waals surface area contributed by atoms with Crippen molar-refractivity contribution in [3.8, 4) is 5.75 Å². The van der Waals surface area contributed by atoms with Gasteiger partial charge in [0, 0.05) is 12.3 Å². The summed E-state index contributed by atoms with van der Waals surface area (Å²) in [5.41, 5.74) is 6.18. The van der Waals surface area contributed by atoms with Gasteiger partial charge in [-0.1, -0.05) is 25.6 Å². The molecule has 92 valence electrons. The molecule has 0 aliphatic heterocycles. The zero-order valence-corrected chi connectivity index (χ0v) is 10.9. The Morgan fingerprint density at radius 2 is 2.35 bits per heavy atom. The first kappa shape index (κ1) is 12.3. The van der Waals surface area contributed by atoms with E-state index in [9.17, 15) is 0 Å². The fraction of sp³-hybridized carbons (Fsp3) is 0.538. The smallest absolute Gasteiger partial charge is 0.123 e. The van der Waals surface area contributed by atoms with E-state index in [1.54, 1.807) is 6.20 Å². The lowest BCUT2D eigenvalue weighted by Crippen LogP contribution is -2.24. The summed E-state index contributed by atoms with van der Waals surface area (Å²) in [5, 5.41) is 0. The van der Waals surface area contributed by atoms with Gasteiger partial charge in [-0.25, -0.2) is 0 Å². The SMILES string of the molecule is CC1CCCC(Oc2ccnc(C(N)=S)c2)C1. The fourth-order valence-corrected chi connectivity index (χ4v) is 2.41. The van der Waals surface area contributed by atoms with E-state index in [-0.39, 0.29) is 0 Å². The Labute approximate surface area is 107 Å². The van der Waals surface area contributed by atoms with E-state index in [4.69, 9.17) is 22.7 Å². The van der Waals surface area contributed by atoms with Crippen LogP contribution < -0.4 is 10.5 Å². The van der Waals surface area contributed by atoms with Crippen LogP contribution in [0, 0.1) is 5.92 Å². The number of nitrogens with two attached hydrogens (primary N) is 1. The number of ether oxygens (including phenoxy) is 1. The standard InChI is InChI=1S/C13H18N2OS/c1-9-3-2-4-10(7-9)16-11-5-6-15-12(8-11)13(14)17/h5-6,8-10H,2-4,7H2,1H3,(H2,14,17). The molecule has 17 heavy (non-hydrogen) atoms. The molecule has 3 nitrogen and oxygen atoms in total. The molecule has 1 saturated carbocycles. The molecule has 1 aromatic heterocycles. The van der Waals surface area contributed by atoms with Crippen molar-refractivity contribution in [3.63, 3.8) is 0 Å². The summed E-state index contributed by atoms with van der Waals surface area (Å²) in [5.74, 6) is 1.58. The molecule has 2 atom stereocenters. The summed E-state index contributed by atoms with van der Waals surface area (Å²) in [6.07, 6.45) is 6.84. The minimum atomic E-state index is 0.312. The van der Waals surface area contributed by atoms with Crippen LogP contribution in [0.4, 0.5) is 0 Å². The number of aromatic nitrogens is 1. The molecule has 1 aliphatic rings. The van der Waals surface area contributed by atoms with Crippen LogP contribution in [0.5, 0.6) is 5.75 Å². The van der Waals surface area contributed by atoms with E-state index >= 15 is 0 Å². The van der Waals surface area contributed by atoms with Crippen LogP contribution in [0.2, 0.25) is 0 Å². The third-order valence-corrected chi connectivity index (χ3v) is 3.38. The van der Waals surface area contributed by atoms with Crippen molar-refractivity contribution in [2.45, 2.75) is 38.7 Å².